The molecule has 2 aromatic rings. The quantitative estimate of drug-likeness (QED) is 0.845. The molecule has 4 nitrogen and oxygen atoms in total. The van der Waals surface area contributed by atoms with Crippen molar-refractivity contribution in [2.75, 3.05) is 6.54 Å². The van der Waals surface area contributed by atoms with E-state index in [4.69, 9.17) is 10.2 Å². The van der Waals surface area contributed by atoms with E-state index in [0.717, 1.165) is 29.7 Å². The second-order valence-corrected chi connectivity index (χ2v) is 5.97. The first-order chi connectivity index (χ1) is 10.5. The van der Waals surface area contributed by atoms with Gasteiger partial charge in [0, 0.05) is 24.4 Å². The van der Waals surface area contributed by atoms with E-state index < -0.39 is 0 Å². The highest BCUT2D eigenvalue weighted by Crippen LogP contribution is 2.28. The smallest absolute Gasteiger partial charge is 0.223 e. The molecule has 0 bridgehead atoms. The predicted octanol–water partition coefficient (Wildman–Crippen LogP) is 3.86. The van der Waals surface area contributed by atoms with Crippen LogP contribution >= 0.6 is 0 Å². The van der Waals surface area contributed by atoms with Gasteiger partial charge in [0.05, 0.1) is 6.04 Å². The fraction of sp³-hybridized carbons (Fsp3) is 0.500. The Morgan fingerprint density at radius 1 is 1.32 bits per heavy atom. The monoisotopic (exact) mass is 302 g/mol. The van der Waals surface area contributed by atoms with Gasteiger partial charge in [-0.25, -0.2) is 0 Å². The van der Waals surface area contributed by atoms with Crippen LogP contribution in [0.4, 0.5) is 0 Å². The summed E-state index contributed by atoms with van der Waals surface area (Å²) >= 11 is 0. The lowest BCUT2D eigenvalue weighted by Gasteiger charge is -2.28. The van der Waals surface area contributed by atoms with Gasteiger partial charge in [-0.3, -0.25) is 4.79 Å². The van der Waals surface area contributed by atoms with Crippen LogP contribution in [0, 0.1) is 0 Å². The molecule has 0 aliphatic carbocycles. The normalized spacial score (nSPS) is 14.0. The van der Waals surface area contributed by atoms with Gasteiger partial charge in [-0.05, 0) is 38.8 Å². The van der Waals surface area contributed by atoms with Crippen LogP contribution < -0.4 is 5.73 Å². The van der Waals surface area contributed by atoms with Crippen LogP contribution in [0.15, 0.2) is 34.7 Å². The number of para-hydroxylation sites is 1. The second-order valence-electron chi connectivity index (χ2n) is 5.97. The molecule has 22 heavy (non-hydrogen) atoms. The van der Waals surface area contributed by atoms with Gasteiger partial charge in [0.25, 0.3) is 0 Å². The molecule has 0 saturated heterocycles. The van der Waals surface area contributed by atoms with Crippen molar-refractivity contribution < 1.29 is 9.21 Å². The molecular weight excluding hydrogens is 276 g/mol. The van der Waals surface area contributed by atoms with Crippen molar-refractivity contribution in [3.63, 3.8) is 0 Å². The highest BCUT2D eigenvalue weighted by molar-refractivity contribution is 5.79. The van der Waals surface area contributed by atoms with Gasteiger partial charge in [0.1, 0.15) is 11.3 Å². The van der Waals surface area contributed by atoms with E-state index >= 15 is 0 Å². The predicted molar refractivity (Wildman–Crippen MR) is 89.5 cm³/mol. The van der Waals surface area contributed by atoms with Crippen molar-refractivity contribution in [1.29, 1.82) is 0 Å². The third-order valence-electron chi connectivity index (χ3n) is 3.92. The summed E-state index contributed by atoms with van der Waals surface area (Å²) in [6.07, 6.45) is 2.13. The summed E-state index contributed by atoms with van der Waals surface area (Å²) in [7, 11) is 0. The molecule has 0 aliphatic rings. The lowest BCUT2D eigenvalue weighted by atomic mass is 10.1. The minimum Gasteiger partial charge on any atom is -0.459 e. The molecule has 1 aromatic heterocycles. The number of benzene rings is 1. The topological polar surface area (TPSA) is 59.5 Å². The highest BCUT2D eigenvalue weighted by atomic mass is 16.3. The van der Waals surface area contributed by atoms with Crippen molar-refractivity contribution in [1.82, 2.24) is 4.90 Å². The van der Waals surface area contributed by atoms with E-state index in [1.165, 1.54) is 0 Å². The summed E-state index contributed by atoms with van der Waals surface area (Å²) in [6.45, 7) is 6.77. The number of nitrogens with two attached hydrogens (primary N) is 1. The molecule has 1 aromatic carbocycles. The summed E-state index contributed by atoms with van der Waals surface area (Å²) in [5, 5.41) is 1.07. The number of amides is 1. The molecule has 2 N–H and O–H groups in total. The van der Waals surface area contributed by atoms with Crippen molar-refractivity contribution in [2.45, 2.75) is 52.1 Å². The first-order valence-electron chi connectivity index (χ1n) is 8.06. The van der Waals surface area contributed by atoms with Crippen LogP contribution in [0.25, 0.3) is 11.0 Å². The summed E-state index contributed by atoms with van der Waals surface area (Å²) < 4.78 is 5.91. The first kappa shape index (κ1) is 16.6. The highest BCUT2D eigenvalue weighted by Gasteiger charge is 2.23. The van der Waals surface area contributed by atoms with E-state index in [-0.39, 0.29) is 18.0 Å². The number of hydrogen-bond acceptors (Lipinski definition) is 3. The van der Waals surface area contributed by atoms with Crippen LogP contribution in [0.2, 0.25) is 0 Å². The van der Waals surface area contributed by atoms with E-state index in [1.807, 2.05) is 49.1 Å². The van der Waals surface area contributed by atoms with Crippen molar-refractivity contribution >= 4 is 16.9 Å². The third-order valence-corrected chi connectivity index (χ3v) is 3.92. The minimum atomic E-state index is -0.0621. The number of carbonyl (C=O) groups excluding carboxylic acids is 1. The summed E-state index contributed by atoms with van der Waals surface area (Å²) in [5.41, 5.74) is 6.63. The van der Waals surface area contributed by atoms with E-state index in [0.29, 0.717) is 12.8 Å². The van der Waals surface area contributed by atoms with Crippen LogP contribution in [-0.4, -0.2) is 23.4 Å². The average Bonchev–Trinajstić information content (AvgIpc) is 2.93. The number of rotatable bonds is 7. The third kappa shape index (κ3) is 3.89. The maximum Gasteiger partial charge on any atom is 0.223 e. The minimum absolute atomic E-state index is 0.0499. The molecule has 1 amide bonds. The molecule has 0 radical (unpaired) electrons. The Morgan fingerprint density at radius 2 is 2.05 bits per heavy atom. The number of carbonyl (C=O) groups is 1. The van der Waals surface area contributed by atoms with E-state index in [2.05, 4.69) is 6.92 Å². The second kappa shape index (κ2) is 7.45. The van der Waals surface area contributed by atoms with Crippen molar-refractivity contribution in [3.8, 4) is 0 Å². The molecule has 0 aliphatic heterocycles. The molecule has 2 atom stereocenters. The standard InChI is InChI=1S/C18H26N2O2/c1-4-11-20(18(21)10-9-13(2)19)14(3)17-12-15-7-5-6-8-16(15)22-17/h5-8,12-14H,4,9-11,19H2,1-3H3. The zero-order valence-electron chi connectivity index (χ0n) is 13.7. The largest absolute Gasteiger partial charge is 0.459 e. The fourth-order valence-corrected chi connectivity index (χ4v) is 2.63. The number of furan rings is 1. The number of hydrogen-bond donors (Lipinski definition) is 1. The zero-order chi connectivity index (χ0) is 16.1. The van der Waals surface area contributed by atoms with Crippen molar-refractivity contribution in [3.05, 3.63) is 36.1 Å². The van der Waals surface area contributed by atoms with Gasteiger partial charge >= 0.3 is 0 Å². The lowest BCUT2D eigenvalue weighted by Crippen LogP contribution is -2.34. The van der Waals surface area contributed by atoms with E-state index in [9.17, 15) is 4.79 Å². The first-order valence-corrected chi connectivity index (χ1v) is 8.06. The Hall–Kier alpha value is -1.81. The molecule has 120 valence electrons. The van der Waals surface area contributed by atoms with E-state index in [1.54, 1.807) is 0 Å². The Labute approximate surface area is 132 Å². The average molecular weight is 302 g/mol. The van der Waals surface area contributed by atoms with Crippen molar-refractivity contribution in [2.24, 2.45) is 5.73 Å². The molecule has 0 fully saturated rings. The maximum absolute atomic E-state index is 12.5. The lowest BCUT2D eigenvalue weighted by molar-refractivity contribution is -0.134. The number of fused-ring (bicyclic) bond motifs is 1. The Kier molecular flexibility index (Phi) is 5.61. The Morgan fingerprint density at radius 3 is 2.68 bits per heavy atom. The summed E-state index contributed by atoms with van der Waals surface area (Å²) in [6, 6.07) is 9.94. The van der Waals surface area contributed by atoms with Gasteiger partial charge in [0.15, 0.2) is 0 Å². The van der Waals surface area contributed by atoms with Crippen LogP contribution in [0.1, 0.15) is 51.8 Å². The van der Waals surface area contributed by atoms with Gasteiger partial charge in [0.2, 0.25) is 5.91 Å². The Balaban J connectivity index is 2.17. The molecule has 1 heterocycles. The molecule has 2 unspecified atom stereocenters. The molecule has 2 rings (SSSR count). The maximum atomic E-state index is 12.5. The van der Waals surface area contributed by atoms with Crippen LogP contribution in [0.3, 0.4) is 0 Å². The SMILES string of the molecule is CCCN(C(=O)CCC(C)N)C(C)c1cc2ccccc2o1. The molecule has 0 saturated carbocycles. The van der Waals surface area contributed by atoms with Gasteiger partial charge in [-0.15, -0.1) is 0 Å². The fourth-order valence-electron chi connectivity index (χ4n) is 2.63. The molecule has 4 heteroatoms. The summed E-state index contributed by atoms with van der Waals surface area (Å²) in [4.78, 5) is 14.4. The molecule has 0 spiro atoms. The van der Waals surface area contributed by atoms with Gasteiger partial charge < -0.3 is 15.1 Å². The van der Waals surface area contributed by atoms with Gasteiger partial charge in [-0.2, -0.15) is 0 Å². The summed E-state index contributed by atoms with van der Waals surface area (Å²) in [5.74, 6) is 0.982. The van der Waals surface area contributed by atoms with Crippen LogP contribution in [-0.2, 0) is 4.79 Å². The number of nitrogens with zero attached hydrogens (tertiary/aromatic N) is 1. The Bertz CT molecular complexity index is 585. The van der Waals surface area contributed by atoms with Gasteiger partial charge in [-0.1, -0.05) is 25.1 Å². The molecular formula is C18H26N2O2. The zero-order valence-corrected chi connectivity index (χ0v) is 13.7. The van der Waals surface area contributed by atoms with Crippen LogP contribution in [0.5, 0.6) is 0 Å².